The molecule has 0 rings (SSSR count). The second-order valence-electron chi connectivity index (χ2n) is 3.73. The monoisotopic (exact) mass is 212 g/mol. The average Bonchev–Trinajstić information content (AvgIpc) is 2.13. The first kappa shape index (κ1) is 14.1. The minimum atomic E-state index is -2.72. The van der Waals surface area contributed by atoms with E-state index in [1.54, 1.807) is 18.2 Å². The van der Waals surface area contributed by atoms with Gasteiger partial charge in [-0.3, -0.25) is 0 Å². The zero-order chi connectivity index (χ0) is 11.9. The molecule has 0 aliphatic rings. The molecule has 0 amide bonds. The number of aliphatic hydroxyl groups is 3. The van der Waals surface area contributed by atoms with Crippen LogP contribution in [0.4, 0.5) is 0 Å². The molecule has 15 heavy (non-hydrogen) atoms. The molecule has 0 aliphatic heterocycles. The summed E-state index contributed by atoms with van der Waals surface area (Å²) in [4.78, 5) is 0. The predicted octanol–water partition coefficient (Wildman–Crippen LogP) is 1.72. The van der Waals surface area contributed by atoms with Gasteiger partial charge in [-0.05, 0) is 25.7 Å². The summed E-state index contributed by atoms with van der Waals surface area (Å²) in [5.74, 6) is -2.72. The third-order valence-electron chi connectivity index (χ3n) is 2.61. The van der Waals surface area contributed by atoms with Gasteiger partial charge < -0.3 is 15.3 Å². The molecule has 0 saturated heterocycles. The molecule has 0 bridgehead atoms. The summed E-state index contributed by atoms with van der Waals surface area (Å²) in [6.45, 7) is 10.7. The largest absolute Gasteiger partial charge is 0.343 e. The molecule has 0 spiro atoms. The smallest absolute Gasteiger partial charge is 0.281 e. The molecule has 0 aromatic carbocycles. The van der Waals surface area contributed by atoms with E-state index in [4.69, 9.17) is 0 Å². The van der Waals surface area contributed by atoms with E-state index in [0.29, 0.717) is 25.7 Å². The van der Waals surface area contributed by atoms with Gasteiger partial charge >= 0.3 is 0 Å². The maximum absolute atomic E-state index is 9.40. The van der Waals surface area contributed by atoms with Crippen LogP contribution in [-0.2, 0) is 0 Å². The van der Waals surface area contributed by atoms with Crippen molar-refractivity contribution in [2.45, 2.75) is 31.7 Å². The van der Waals surface area contributed by atoms with Crippen LogP contribution in [0.15, 0.2) is 38.0 Å². The fourth-order valence-corrected chi connectivity index (χ4v) is 1.66. The molecule has 0 aromatic heterocycles. The van der Waals surface area contributed by atoms with Gasteiger partial charge in [0.15, 0.2) is 0 Å². The van der Waals surface area contributed by atoms with E-state index in [1.165, 1.54) is 0 Å². The lowest BCUT2D eigenvalue weighted by Crippen LogP contribution is -2.48. The van der Waals surface area contributed by atoms with Crippen LogP contribution in [0.5, 0.6) is 0 Å². The van der Waals surface area contributed by atoms with Crippen molar-refractivity contribution in [1.29, 1.82) is 0 Å². The second kappa shape index (κ2) is 5.85. The highest BCUT2D eigenvalue weighted by Crippen LogP contribution is 2.41. The van der Waals surface area contributed by atoms with Crippen molar-refractivity contribution in [2.24, 2.45) is 5.41 Å². The van der Waals surface area contributed by atoms with Crippen LogP contribution in [0, 0.1) is 5.41 Å². The Balaban J connectivity index is 4.95. The molecule has 0 aromatic rings. The molecule has 3 heteroatoms. The Labute approximate surface area is 91.1 Å². The van der Waals surface area contributed by atoms with E-state index in [-0.39, 0.29) is 0 Å². The highest BCUT2D eigenvalue weighted by molar-refractivity contribution is 4.96. The summed E-state index contributed by atoms with van der Waals surface area (Å²) in [5.41, 5.74) is -1.05. The molecule has 0 heterocycles. The molecule has 0 atom stereocenters. The summed E-state index contributed by atoms with van der Waals surface area (Å²) in [6, 6.07) is 0. The van der Waals surface area contributed by atoms with Gasteiger partial charge in [0, 0.05) is 0 Å². The van der Waals surface area contributed by atoms with Crippen molar-refractivity contribution < 1.29 is 15.3 Å². The summed E-state index contributed by atoms with van der Waals surface area (Å²) < 4.78 is 0. The molecular weight excluding hydrogens is 192 g/mol. The van der Waals surface area contributed by atoms with Crippen LogP contribution < -0.4 is 0 Å². The fourth-order valence-electron chi connectivity index (χ4n) is 1.66. The summed E-state index contributed by atoms with van der Waals surface area (Å²) in [5, 5.41) is 28.2. The molecule has 0 fully saturated rings. The Kier molecular flexibility index (Phi) is 5.50. The van der Waals surface area contributed by atoms with Crippen LogP contribution in [0.3, 0.4) is 0 Å². The van der Waals surface area contributed by atoms with Crippen molar-refractivity contribution in [1.82, 2.24) is 0 Å². The van der Waals surface area contributed by atoms with Crippen molar-refractivity contribution >= 4 is 0 Å². The van der Waals surface area contributed by atoms with Crippen molar-refractivity contribution in [3.05, 3.63) is 38.0 Å². The third-order valence-corrected chi connectivity index (χ3v) is 2.61. The Bertz CT molecular complexity index is 216. The second-order valence-corrected chi connectivity index (χ2v) is 3.73. The molecule has 3 N–H and O–H groups in total. The van der Waals surface area contributed by atoms with Crippen molar-refractivity contribution in [3.63, 3.8) is 0 Å². The van der Waals surface area contributed by atoms with Crippen molar-refractivity contribution in [2.75, 3.05) is 0 Å². The molecule has 0 saturated carbocycles. The summed E-state index contributed by atoms with van der Waals surface area (Å²) in [6.07, 6.45) is 6.40. The lowest BCUT2D eigenvalue weighted by Gasteiger charge is -2.39. The van der Waals surface area contributed by atoms with Crippen LogP contribution in [-0.4, -0.2) is 21.3 Å². The quantitative estimate of drug-likeness (QED) is 0.424. The highest BCUT2D eigenvalue weighted by Gasteiger charge is 2.46. The van der Waals surface area contributed by atoms with Gasteiger partial charge in [-0.25, -0.2) is 0 Å². The number of hydrogen-bond acceptors (Lipinski definition) is 3. The van der Waals surface area contributed by atoms with Crippen LogP contribution in [0.25, 0.3) is 0 Å². The first-order valence-corrected chi connectivity index (χ1v) is 4.93. The summed E-state index contributed by atoms with van der Waals surface area (Å²) in [7, 11) is 0. The van der Waals surface area contributed by atoms with E-state index < -0.39 is 11.4 Å². The van der Waals surface area contributed by atoms with E-state index in [9.17, 15) is 15.3 Å². The zero-order valence-electron chi connectivity index (χ0n) is 9.02. The maximum Gasteiger partial charge on any atom is 0.281 e. The Morgan fingerprint density at radius 3 is 1.60 bits per heavy atom. The standard InChI is InChI=1S/C12H20O3/c1-4-7-10-11(8-5-2,9-6-3)12(13,14)15/h4-6,13-15H,1-3,7-10H2. The fraction of sp³-hybridized carbons (Fsp3) is 0.500. The number of allylic oxidation sites excluding steroid dienone is 3. The minimum Gasteiger partial charge on any atom is -0.343 e. The Morgan fingerprint density at radius 1 is 0.867 bits per heavy atom. The lowest BCUT2D eigenvalue weighted by atomic mass is 9.74. The van der Waals surface area contributed by atoms with Crippen LogP contribution in [0.1, 0.15) is 25.7 Å². The first-order chi connectivity index (χ1) is 6.93. The third kappa shape index (κ3) is 3.63. The van der Waals surface area contributed by atoms with E-state index in [0.717, 1.165) is 0 Å². The van der Waals surface area contributed by atoms with E-state index >= 15 is 0 Å². The first-order valence-electron chi connectivity index (χ1n) is 4.93. The van der Waals surface area contributed by atoms with Gasteiger partial charge in [-0.15, -0.1) is 19.7 Å². The topological polar surface area (TPSA) is 60.7 Å². The maximum atomic E-state index is 9.40. The molecule has 86 valence electrons. The molecule has 3 nitrogen and oxygen atoms in total. The Hall–Kier alpha value is -0.900. The zero-order valence-corrected chi connectivity index (χ0v) is 9.02. The normalized spacial score (nSPS) is 12.2. The van der Waals surface area contributed by atoms with Gasteiger partial charge in [0.2, 0.25) is 0 Å². The number of rotatable bonds is 8. The number of hydrogen-bond donors (Lipinski definition) is 3. The molecule has 0 unspecified atom stereocenters. The predicted molar refractivity (Wildman–Crippen MR) is 60.9 cm³/mol. The molecular formula is C12H20O3. The SMILES string of the molecule is C=CCCC(CC=C)(CC=C)C(O)(O)O. The average molecular weight is 212 g/mol. The lowest BCUT2D eigenvalue weighted by molar-refractivity contribution is -0.375. The molecule has 0 aliphatic carbocycles. The Morgan fingerprint density at radius 2 is 1.33 bits per heavy atom. The van der Waals surface area contributed by atoms with Crippen molar-refractivity contribution in [3.8, 4) is 0 Å². The van der Waals surface area contributed by atoms with Crippen LogP contribution in [0.2, 0.25) is 0 Å². The van der Waals surface area contributed by atoms with E-state index in [2.05, 4.69) is 19.7 Å². The highest BCUT2D eigenvalue weighted by atomic mass is 16.7. The van der Waals surface area contributed by atoms with Gasteiger partial charge in [-0.1, -0.05) is 18.2 Å². The van der Waals surface area contributed by atoms with Gasteiger partial charge in [0.1, 0.15) is 0 Å². The van der Waals surface area contributed by atoms with Gasteiger partial charge in [-0.2, -0.15) is 0 Å². The molecule has 0 radical (unpaired) electrons. The van der Waals surface area contributed by atoms with Crippen LogP contribution >= 0.6 is 0 Å². The van der Waals surface area contributed by atoms with Gasteiger partial charge in [0.25, 0.3) is 5.97 Å². The van der Waals surface area contributed by atoms with E-state index in [1.807, 2.05) is 0 Å². The summed E-state index contributed by atoms with van der Waals surface area (Å²) >= 11 is 0. The van der Waals surface area contributed by atoms with Gasteiger partial charge in [0.05, 0.1) is 5.41 Å². The minimum absolute atomic E-state index is 0.302.